The number of carboxylic acid groups (broad SMARTS) is 1. The van der Waals surface area contributed by atoms with Gasteiger partial charge in [0.15, 0.2) is 0 Å². The first-order chi connectivity index (χ1) is 9.58. The van der Waals surface area contributed by atoms with Crippen LogP contribution in [0.5, 0.6) is 0 Å². The number of hydrogen-bond acceptors (Lipinski definition) is 3. The third-order valence-corrected chi connectivity index (χ3v) is 4.58. The standard InChI is InChI=1S/C14H20N2O3S/c1-15(8-6-12-5-3-9-20-12)14(19)16-7-2-4-11(10-16)13(17)18/h3,5,9,11H,2,4,6-8,10H2,1H3,(H,17,18)/t11-/m1/s1. The molecule has 5 nitrogen and oxygen atoms in total. The number of likely N-dealkylation sites (N-methyl/N-ethyl adjacent to an activating group) is 1. The zero-order valence-electron chi connectivity index (χ0n) is 11.6. The van der Waals surface area contributed by atoms with Crippen molar-refractivity contribution in [2.75, 3.05) is 26.7 Å². The van der Waals surface area contributed by atoms with E-state index in [1.165, 1.54) is 4.88 Å². The molecule has 20 heavy (non-hydrogen) atoms. The second-order valence-electron chi connectivity index (χ2n) is 5.16. The van der Waals surface area contributed by atoms with Gasteiger partial charge < -0.3 is 14.9 Å². The van der Waals surface area contributed by atoms with Gasteiger partial charge in [-0.15, -0.1) is 11.3 Å². The van der Waals surface area contributed by atoms with Gasteiger partial charge in [-0.2, -0.15) is 0 Å². The van der Waals surface area contributed by atoms with Gasteiger partial charge in [-0.25, -0.2) is 4.79 Å². The number of carboxylic acids is 1. The monoisotopic (exact) mass is 296 g/mol. The van der Waals surface area contributed by atoms with Crippen LogP contribution in [0.25, 0.3) is 0 Å². The number of carbonyl (C=O) groups excluding carboxylic acids is 1. The number of likely N-dealkylation sites (tertiary alicyclic amines) is 1. The van der Waals surface area contributed by atoms with Gasteiger partial charge in [-0.05, 0) is 30.7 Å². The molecule has 0 aliphatic carbocycles. The van der Waals surface area contributed by atoms with E-state index in [1.54, 1.807) is 28.2 Å². The highest BCUT2D eigenvalue weighted by Gasteiger charge is 2.29. The number of nitrogens with zero attached hydrogens (tertiary/aromatic N) is 2. The average molecular weight is 296 g/mol. The molecular weight excluding hydrogens is 276 g/mol. The summed E-state index contributed by atoms with van der Waals surface area (Å²) in [4.78, 5) is 27.9. The molecule has 0 unspecified atom stereocenters. The number of rotatable bonds is 4. The molecule has 110 valence electrons. The lowest BCUT2D eigenvalue weighted by molar-refractivity contribution is -0.143. The second kappa shape index (κ2) is 6.74. The van der Waals surface area contributed by atoms with Crippen LogP contribution in [0.15, 0.2) is 17.5 Å². The summed E-state index contributed by atoms with van der Waals surface area (Å²) in [7, 11) is 1.78. The van der Waals surface area contributed by atoms with Gasteiger partial charge >= 0.3 is 12.0 Å². The van der Waals surface area contributed by atoms with Crippen LogP contribution in [0.3, 0.4) is 0 Å². The Morgan fingerprint density at radius 3 is 3.00 bits per heavy atom. The summed E-state index contributed by atoms with van der Waals surface area (Å²) in [6.07, 6.45) is 2.27. The number of aliphatic carboxylic acids is 1. The molecule has 1 saturated heterocycles. The Morgan fingerprint density at radius 2 is 2.35 bits per heavy atom. The topological polar surface area (TPSA) is 60.9 Å². The van der Waals surface area contributed by atoms with E-state index < -0.39 is 11.9 Å². The predicted molar refractivity (Wildman–Crippen MR) is 78.0 cm³/mol. The summed E-state index contributed by atoms with van der Waals surface area (Å²) in [5, 5.41) is 11.1. The van der Waals surface area contributed by atoms with Crippen molar-refractivity contribution in [3.63, 3.8) is 0 Å². The Hall–Kier alpha value is -1.56. The van der Waals surface area contributed by atoms with E-state index in [4.69, 9.17) is 5.11 Å². The maximum absolute atomic E-state index is 12.3. The predicted octanol–water partition coefficient (Wildman–Crippen LogP) is 2.14. The first-order valence-electron chi connectivity index (χ1n) is 6.83. The van der Waals surface area contributed by atoms with Crippen LogP contribution >= 0.6 is 11.3 Å². The van der Waals surface area contributed by atoms with E-state index in [9.17, 15) is 9.59 Å². The highest BCUT2D eigenvalue weighted by Crippen LogP contribution is 2.18. The van der Waals surface area contributed by atoms with Crippen molar-refractivity contribution < 1.29 is 14.7 Å². The fraction of sp³-hybridized carbons (Fsp3) is 0.571. The quantitative estimate of drug-likeness (QED) is 0.926. The Kier molecular flexibility index (Phi) is 5.00. The van der Waals surface area contributed by atoms with Crippen LogP contribution < -0.4 is 0 Å². The summed E-state index contributed by atoms with van der Waals surface area (Å²) < 4.78 is 0. The third kappa shape index (κ3) is 3.72. The van der Waals surface area contributed by atoms with E-state index in [0.29, 0.717) is 26.1 Å². The minimum absolute atomic E-state index is 0.0625. The molecule has 1 fully saturated rings. The van der Waals surface area contributed by atoms with E-state index in [-0.39, 0.29) is 6.03 Å². The van der Waals surface area contributed by atoms with Gasteiger partial charge in [0, 0.05) is 31.6 Å². The van der Waals surface area contributed by atoms with Crippen molar-refractivity contribution in [2.45, 2.75) is 19.3 Å². The first kappa shape index (κ1) is 14.8. The van der Waals surface area contributed by atoms with Gasteiger partial charge in [0.25, 0.3) is 0 Å². The van der Waals surface area contributed by atoms with Crippen LogP contribution in [-0.2, 0) is 11.2 Å². The molecule has 2 amide bonds. The number of thiophene rings is 1. The smallest absolute Gasteiger partial charge is 0.319 e. The Morgan fingerprint density at radius 1 is 1.55 bits per heavy atom. The molecule has 1 N–H and O–H groups in total. The van der Waals surface area contributed by atoms with Crippen LogP contribution in [0.1, 0.15) is 17.7 Å². The van der Waals surface area contributed by atoms with Crippen molar-refractivity contribution in [1.29, 1.82) is 0 Å². The molecule has 0 saturated carbocycles. The zero-order valence-corrected chi connectivity index (χ0v) is 12.4. The number of carbonyl (C=O) groups is 2. The van der Waals surface area contributed by atoms with Gasteiger partial charge in [0.1, 0.15) is 0 Å². The van der Waals surface area contributed by atoms with Crippen LogP contribution in [0.4, 0.5) is 4.79 Å². The fourth-order valence-corrected chi connectivity index (χ4v) is 3.12. The highest BCUT2D eigenvalue weighted by molar-refractivity contribution is 7.09. The van der Waals surface area contributed by atoms with Crippen molar-refractivity contribution in [2.24, 2.45) is 5.92 Å². The lowest BCUT2D eigenvalue weighted by Gasteiger charge is -2.33. The number of amides is 2. The number of piperidine rings is 1. The van der Waals surface area contributed by atoms with Gasteiger partial charge in [0.2, 0.25) is 0 Å². The SMILES string of the molecule is CN(CCc1cccs1)C(=O)N1CCC[C@@H](C(=O)O)C1. The summed E-state index contributed by atoms with van der Waals surface area (Å²) in [6, 6.07) is 4.00. The van der Waals surface area contributed by atoms with Gasteiger partial charge in [-0.3, -0.25) is 4.79 Å². The second-order valence-corrected chi connectivity index (χ2v) is 6.19. The summed E-state index contributed by atoms with van der Waals surface area (Å²) in [5.41, 5.74) is 0. The maximum atomic E-state index is 12.3. The maximum Gasteiger partial charge on any atom is 0.319 e. The number of urea groups is 1. The zero-order chi connectivity index (χ0) is 14.5. The molecule has 1 aromatic rings. The molecule has 0 spiro atoms. The van der Waals surface area contributed by atoms with E-state index >= 15 is 0 Å². The lowest BCUT2D eigenvalue weighted by Crippen LogP contribution is -2.48. The number of hydrogen-bond donors (Lipinski definition) is 1. The Bertz CT molecular complexity index is 461. The van der Waals surface area contributed by atoms with Crippen LogP contribution in [0, 0.1) is 5.92 Å². The van der Waals surface area contributed by atoms with Crippen molar-refractivity contribution in [3.05, 3.63) is 22.4 Å². The minimum Gasteiger partial charge on any atom is -0.481 e. The minimum atomic E-state index is -0.802. The highest BCUT2D eigenvalue weighted by atomic mass is 32.1. The van der Waals surface area contributed by atoms with Gasteiger partial charge in [-0.1, -0.05) is 6.07 Å². The molecule has 1 aliphatic rings. The molecule has 2 heterocycles. The lowest BCUT2D eigenvalue weighted by atomic mass is 9.99. The van der Waals surface area contributed by atoms with Crippen LogP contribution in [-0.4, -0.2) is 53.6 Å². The molecule has 1 aromatic heterocycles. The van der Waals surface area contributed by atoms with E-state index in [2.05, 4.69) is 6.07 Å². The Balaban J connectivity index is 1.84. The molecule has 1 aliphatic heterocycles. The van der Waals surface area contributed by atoms with Crippen molar-refractivity contribution in [3.8, 4) is 0 Å². The summed E-state index contributed by atoms with van der Waals surface area (Å²) >= 11 is 1.69. The molecule has 0 bridgehead atoms. The largest absolute Gasteiger partial charge is 0.481 e. The molecular formula is C14H20N2O3S. The van der Waals surface area contributed by atoms with Crippen LogP contribution in [0.2, 0.25) is 0 Å². The van der Waals surface area contributed by atoms with Crippen molar-refractivity contribution >= 4 is 23.3 Å². The summed E-state index contributed by atoms with van der Waals surface area (Å²) in [5.74, 6) is -1.22. The summed E-state index contributed by atoms with van der Waals surface area (Å²) in [6.45, 7) is 1.65. The third-order valence-electron chi connectivity index (χ3n) is 3.64. The molecule has 2 rings (SSSR count). The first-order valence-corrected chi connectivity index (χ1v) is 7.71. The fourth-order valence-electron chi connectivity index (χ4n) is 2.42. The van der Waals surface area contributed by atoms with E-state index in [0.717, 1.165) is 12.8 Å². The van der Waals surface area contributed by atoms with E-state index in [1.807, 2.05) is 11.4 Å². The molecule has 6 heteroatoms. The van der Waals surface area contributed by atoms with Crippen molar-refractivity contribution in [1.82, 2.24) is 9.80 Å². The molecule has 1 atom stereocenters. The molecule has 0 aromatic carbocycles. The van der Waals surface area contributed by atoms with Gasteiger partial charge in [0.05, 0.1) is 5.92 Å². The Labute approximate surface area is 122 Å². The normalized spacial score (nSPS) is 18.9. The molecule has 0 radical (unpaired) electrons. The average Bonchev–Trinajstić information content (AvgIpc) is 2.97.